The first-order valence-corrected chi connectivity index (χ1v) is 11.6. The zero-order chi connectivity index (χ0) is 24.1. The number of hydrogen-bond donors (Lipinski definition) is 1. The minimum Gasteiger partial charge on any atom is -0.497 e. The lowest BCUT2D eigenvalue weighted by Gasteiger charge is -2.37. The van der Waals surface area contributed by atoms with E-state index < -0.39 is 0 Å². The first kappa shape index (κ1) is 24.0. The molecular formula is C25H30BN5O3. The zero-order valence-corrected chi connectivity index (χ0v) is 19.7. The Hall–Kier alpha value is -3.17. The summed E-state index contributed by atoms with van der Waals surface area (Å²) in [7, 11) is 7.84. The highest BCUT2D eigenvalue weighted by Crippen LogP contribution is 2.22. The Morgan fingerprint density at radius 3 is 2.71 bits per heavy atom. The van der Waals surface area contributed by atoms with Gasteiger partial charge in [-0.15, -0.1) is 0 Å². The number of nitrogens with zero attached hydrogens (tertiary/aromatic N) is 4. The van der Waals surface area contributed by atoms with Crippen molar-refractivity contribution < 1.29 is 9.53 Å². The highest BCUT2D eigenvalue weighted by atomic mass is 16.5. The number of aromatic nitrogens is 2. The first-order valence-electron chi connectivity index (χ1n) is 11.6. The molecule has 176 valence electrons. The average Bonchev–Trinajstić information content (AvgIpc) is 2.84. The van der Waals surface area contributed by atoms with E-state index in [1.807, 2.05) is 35.8 Å². The van der Waals surface area contributed by atoms with Crippen LogP contribution in [-0.4, -0.2) is 72.5 Å². The SMILES string of the molecule is [B]N(CC(=O)Nc1ccccn1)C1CCN(CCn2c(=O)cc(C)c3ccc(OC)cc32)CC1. The van der Waals surface area contributed by atoms with Gasteiger partial charge in [0.25, 0.3) is 5.56 Å². The molecule has 9 heteroatoms. The molecule has 1 aliphatic heterocycles. The molecule has 0 unspecified atom stereocenters. The van der Waals surface area contributed by atoms with E-state index in [4.69, 9.17) is 12.7 Å². The summed E-state index contributed by atoms with van der Waals surface area (Å²) in [4.78, 5) is 33.1. The molecule has 2 aromatic heterocycles. The maximum absolute atomic E-state index is 12.7. The number of likely N-dealkylation sites (tertiary alicyclic amines) is 1. The van der Waals surface area contributed by atoms with E-state index in [0.717, 1.165) is 54.7 Å². The number of benzene rings is 1. The van der Waals surface area contributed by atoms with E-state index in [9.17, 15) is 9.59 Å². The second kappa shape index (κ2) is 10.8. The molecule has 1 N–H and O–H groups in total. The highest BCUT2D eigenvalue weighted by Gasteiger charge is 2.23. The molecule has 3 heterocycles. The number of aryl methyl sites for hydroxylation is 1. The molecule has 0 aliphatic carbocycles. The average molecular weight is 459 g/mol. The minimum absolute atomic E-state index is 0.000177. The van der Waals surface area contributed by atoms with E-state index >= 15 is 0 Å². The highest BCUT2D eigenvalue weighted by molar-refractivity contribution is 6.07. The van der Waals surface area contributed by atoms with Crippen molar-refractivity contribution in [2.45, 2.75) is 32.4 Å². The Labute approximate surface area is 201 Å². The molecule has 0 spiro atoms. The molecule has 2 radical (unpaired) electrons. The largest absolute Gasteiger partial charge is 0.497 e. The molecule has 34 heavy (non-hydrogen) atoms. The van der Waals surface area contributed by atoms with Gasteiger partial charge in [0.05, 0.1) is 19.2 Å². The molecule has 1 saturated heterocycles. The van der Waals surface area contributed by atoms with Gasteiger partial charge in [-0.2, -0.15) is 0 Å². The van der Waals surface area contributed by atoms with Gasteiger partial charge in [-0.05, 0) is 62.7 Å². The van der Waals surface area contributed by atoms with Gasteiger partial charge in [-0.25, -0.2) is 4.98 Å². The fourth-order valence-corrected chi connectivity index (χ4v) is 4.52. The van der Waals surface area contributed by atoms with Gasteiger partial charge in [0, 0.05) is 42.8 Å². The van der Waals surface area contributed by atoms with E-state index in [1.54, 1.807) is 36.3 Å². The van der Waals surface area contributed by atoms with Crippen molar-refractivity contribution in [1.29, 1.82) is 0 Å². The molecule has 0 saturated carbocycles. The lowest BCUT2D eigenvalue weighted by atomic mass is 10.00. The van der Waals surface area contributed by atoms with Crippen LogP contribution in [0.1, 0.15) is 18.4 Å². The molecule has 1 aliphatic rings. The van der Waals surface area contributed by atoms with Gasteiger partial charge in [0.2, 0.25) is 5.91 Å². The van der Waals surface area contributed by atoms with Gasteiger partial charge >= 0.3 is 0 Å². The number of amides is 1. The number of carbonyl (C=O) groups excluding carboxylic acids is 1. The predicted octanol–water partition coefficient (Wildman–Crippen LogP) is 2.20. The maximum Gasteiger partial charge on any atom is 0.251 e. The van der Waals surface area contributed by atoms with Crippen LogP contribution in [0.15, 0.2) is 53.5 Å². The molecule has 8 nitrogen and oxygen atoms in total. The van der Waals surface area contributed by atoms with Gasteiger partial charge < -0.3 is 24.3 Å². The lowest BCUT2D eigenvalue weighted by molar-refractivity contribution is -0.116. The monoisotopic (exact) mass is 459 g/mol. The third kappa shape index (κ3) is 5.66. The fourth-order valence-electron chi connectivity index (χ4n) is 4.52. The topological polar surface area (TPSA) is 79.7 Å². The molecule has 1 amide bonds. The minimum atomic E-state index is -0.176. The summed E-state index contributed by atoms with van der Waals surface area (Å²) in [6, 6.07) is 13.1. The van der Waals surface area contributed by atoms with Crippen molar-refractivity contribution in [3.8, 4) is 5.75 Å². The van der Waals surface area contributed by atoms with Gasteiger partial charge in [-0.1, -0.05) is 6.07 Å². The number of ether oxygens (including phenoxy) is 1. The van der Waals surface area contributed by atoms with Crippen molar-refractivity contribution in [1.82, 2.24) is 19.3 Å². The fraction of sp³-hybridized carbons (Fsp3) is 0.400. The summed E-state index contributed by atoms with van der Waals surface area (Å²) in [5.41, 5.74) is 1.86. The number of anilines is 1. The second-order valence-corrected chi connectivity index (χ2v) is 8.71. The third-order valence-corrected chi connectivity index (χ3v) is 6.45. The Morgan fingerprint density at radius 2 is 2.00 bits per heavy atom. The van der Waals surface area contributed by atoms with Crippen molar-refractivity contribution >= 4 is 30.6 Å². The van der Waals surface area contributed by atoms with Crippen LogP contribution in [-0.2, 0) is 11.3 Å². The van der Waals surface area contributed by atoms with E-state index in [-0.39, 0.29) is 24.1 Å². The van der Waals surface area contributed by atoms with Crippen LogP contribution < -0.4 is 15.6 Å². The maximum atomic E-state index is 12.7. The number of carbonyl (C=O) groups is 1. The smallest absolute Gasteiger partial charge is 0.251 e. The summed E-state index contributed by atoms with van der Waals surface area (Å²) in [5, 5.41) is 3.82. The summed E-state index contributed by atoms with van der Waals surface area (Å²) in [6.45, 7) is 5.18. The molecule has 0 atom stereocenters. The number of fused-ring (bicyclic) bond motifs is 1. The van der Waals surface area contributed by atoms with E-state index in [2.05, 4.69) is 15.2 Å². The van der Waals surface area contributed by atoms with Crippen molar-refractivity contribution in [2.75, 3.05) is 38.6 Å². The molecule has 0 bridgehead atoms. The Kier molecular flexibility index (Phi) is 7.64. The number of nitrogens with one attached hydrogen (secondary N) is 1. The van der Waals surface area contributed by atoms with Crippen LogP contribution in [0.3, 0.4) is 0 Å². The van der Waals surface area contributed by atoms with Crippen LogP contribution in [0.2, 0.25) is 0 Å². The summed E-state index contributed by atoms with van der Waals surface area (Å²) in [5.74, 6) is 1.08. The van der Waals surface area contributed by atoms with Crippen molar-refractivity contribution in [3.05, 3.63) is 64.6 Å². The second-order valence-electron chi connectivity index (χ2n) is 8.71. The van der Waals surface area contributed by atoms with Gasteiger partial charge in [-0.3, -0.25) is 9.59 Å². The van der Waals surface area contributed by atoms with Gasteiger partial charge in [0.15, 0.2) is 7.98 Å². The van der Waals surface area contributed by atoms with Crippen LogP contribution in [0.25, 0.3) is 10.9 Å². The first-order chi connectivity index (χ1) is 16.4. The number of pyridine rings is 2. The van der Waals surface area contributed by atoms with Gasteiger partial charge in [0.1, 0.15) is 11.6 Å². The summed E-state index contributed by atoms with van der Waals surface area (Å²) < 4.78 is 7.20. The Bertz CT molecular complexity index is 1190. The molecule has 1 fully saturated rings. The van der Waals surface area contributed by atoms with Crippen LogP contribution >= 0.6 is 0 Å². The van der Waals surface area contributed by atoms with E-state index in [1.165, 1.54) is 0 Å². The van der Waals surface area contributed by atoms with Crippen molar-refractivity contribution in [3.63, 3.8) is 0 Å². The van der Waals surface area contributed by atoms with E-state index in [0.29, 0.717) is 12.4 Å². The summed E-state index contributed by atoms with van der Waals surface area (Å²) >= 11 is 0. The molecule has 4 rings (SSSR count). The zero-order valence-electron chi connectivity index (χ0n) is 19.7. The summed E-state index contributed by atoms with van der Waals surface area (Å²) in [6.07, 6.45) is 3.37. The number of rotatable bonds is 8. The number of hydrogen-bond acceptors (Lipinski definition) is 6. The predicted molar refractivity (Wildman–Crippen MR) is 134 cm³/mol. The normalized spacial score (nSPS) is 15.0. The Morgan fingerprint density at radius 1 is 1.21 bits per heavy atom. The van der Waals surface area contributed by atoms with Crippen molar-refractivity contribution in [2.24, 2.45) is 0 Å². The van der Waals surface area contributed by atoms with Crippen LogP contribution in [0.4, 0.5) is 5.82 Å². The molecule has 3 aromatic rings. The lowest BCUT2D eigenvalue weighted by Crippen LogP contribution is -2.47. The molecular weight excluding hydrogens is 429 g/mol. The number of methoxy groups -OCH3 is 1. The Balaban J connectivity index is 1.31. The van der Waals surface area contributed by atoms with Crippen LogP contribution in [0.5, 0.6) is 5.75 Å². The molecule has 1 aromatic carbocycles. The third-order valence-electron chi connectivity index (χ3n) is 6.45. The number of piperidine rings is 1. The van der Waals surface area contributed by atoms with Crippen LogP contribution in [0, 0.1) is 6.92 Å². The quantitative estimate of drug-likeness (QED) is 0.521. The standard InChI is InChI=1S/C25H30BN5O3/c1-18-15-25(33)30(22-16-20(34-2)6-7-21(18)22)14-13-29-11-8-19(9-12-29)31(26)17-24(32)28-23-5-3-4-10-27-23/h3-7,10,15-16,19H,8-9,11-14,17H2,1-2H3,(H,27,28,32).